The maximum absolute atomic E-state index is 13.6. The Labute approximate surface area is 257 Å². The monoisotopic (exact) mass is 621 g/mol. The second-order valence-electron chi connectivity index (χ2n) is 9.29. The number of ether oxygens (including phenoxy) is 2. The van der Waals surface area contributed by atoms with Crippen LogP contribution in [-0.2, 0) is 15.3 Å². The van der Waals surface area contributed by atoms with Crippen LogP contribution in [0.3, 0.4) is 0 Å². The first kappa shape index (κ1) is 29.6. The summed E-state index contributed by atoms with van der Waals surface area (Å²) in [5, 5.41) is 20.7. The van der Waals surface area contributed by atoms with E-state index in [4.69, 9.17) is 21.1 Å². The van der Waals surface area contributed by atoms with Crippen LogP contribution in [0.15, 0.2) is 82.7 Å². The molecule has 1 atom stereocenters. The minimum atomic E-state index is -0.986. The average Bonchev–Trinajstić information content (AvgIpc) is 3.58. The smallest absolute Gasteiger partial charge is 0.301 e. The highest BCUT2D eigenvalue weighted by Crippen LogP contribution is 2.45. The topological polar surface area (TPSA) is 102 Å². The molecule has 0 saturated carbocycles. The highest BCUT2D eigenvalue weighted by molar-refractivity contribution is 8.00. The van der Waals surface area contributed by atoms with Crippen LogP contribution >= 0.6 is 34.7 Å². The number of thioether (sulfide) groups is 1. The summed E-state index contributed by atoms with van der Waals surface area (Å²) < 4.78 is 12.4. The summed E-state index contributed by atoms with van der Waals surface area (Å²) in [6, 6.07) is 20.6. The Kier molecular flexibility index (Phi) is 9.46. The number of halogens is 1. The van der Waals surface area contributed by atoms with Crippen molar-refractivity contribution in [1.82, 2.24) is 10.2 Å². The Balaban J connectivity index is 1.58. The number of aliphatic hydroxyl groups excluding tert-OH is 1. The highest BCUT2D eigenvalue weighted by Gasteiger charge is 2.48. The summed E-state index contributed by atoms with van der Waals surface area (Å²) in [5.41, 5.74) is 1.95. The molecule has 1 aliphatic heterocycles. The van der Waals surface area contributed by atoms with Crippen LogP contribution in [0.25, 0.3) is 5.76 Å². The molecule has 1 saturated heterocycles. The van der Waals surface area contributed by atoms with Crippen LogP contribution in [-0.4, -0.2) is 40.2 Å². The van der Waals surface area contributed by atoms with E-state index in [2.05, 4.69) is 10.2 Å². The molecule has 0 bridgehead atoms. The zero-order valence-corrected chi connectivity index (χ0v) is 25.3. The summed E-state index contributed by atoms with van der Waals surface area (Å²) in [4.78, 5) is 28.4. The molecule has 1 aliphatic rings. The molecule has 11 heteroatoms. The van der Waals surface area contributed by atoms with Crippen molar-refractivity contribution in [3.8, 4) is 11.5 Å². The van der Waals surface area contributed by atoms with E-state index in [1.807, 2.05) is 44.2 Å². The third-order valence-electron chi connectivity index (χ3n) is 6.41. The van der Waals surface area contributed by atoms with Gasteiger partial charge in [0.2, 0.25) is 5.13 Å². The lowest BCUT2D eigenvalue weighted by molar-refractivity contribution is -0.132. The Morgan fingerprint density at radius 1 is 1.00 bits per heavy atom. The second-order valence-corrected chi connectivity index (χ2v) is 11.9. The normalized spacial score (nSPS) is 16.2. The van der Waals surface area contributed by atoms with Crippen molar-refractivity contribution in [3.05, 3.63) is 100 Å². The minimum Gasteiger partial charge on any atom is -0.507 e. The number of hydrogen-bond donors (Lipinski definition) is 1. The lowest BCUT2D eigenvalue weighted by atomic mass is 9.95. The number of benzene rings is 3. The molecule has 3 aromatic carbocycles. The first-order valence-corrected chi connectivity index (χ1v) is 15.6. The fraction of sp³-hybridized carbons (Fsp3) is 0.226. The molecule has 0 spiro atoms. The molecule has 8 nitrogen and oxygen atoms in total. The lowest BCUT2D eigenvalue weighted by Crippen LogP contribution is -2.29. The molecule has 5 rings (SSSR count). The van der Waals surface area contributed by atoms with Crippen LogP contribution in [0.1, 0.15) is 43.0 Å². The number of aliphatic hydroxyl groups is 1. The largest absolute Gasteiger partial charge is 0.507 e. The SMILES string of the molecule is CCCOc1ccc(C2C(=C(O)c3ccc(Cl)cc3)C(=O)C(=O)N2c2nnc(SCc3ccccc3)s2)cc1OCC. The van der Waals surface area contributed by atoms with Crippen molar-refractivity contribution in [2.75, 3.05) is 18.1 Å². The number of rotatable bonds is 11. The second kappa shape index (κ2) is 13.4. The van der Waals surface area contributed by atoms with Crippen molar-refractivity contribution in [1.29, 1.82) is 0 Å². The van der Waals surface area contributed by atoms with Crippen LogP contribution in [0.5, 0.6) is 11.5 Å². The number of Topliss-reactive ketones (excluding diaryl/α,β-unsaturated/α-hetero) is 1. The average molecular weight is 622 g/mol. The Hall–Kier alpha value is -3.86. The van der Waals surface area contributed by atoms with Gasteiger partial charge in [-0.25, -0.2) is 0 Å². The number of anilines is 1. The van der Waals surface area contributed by atoms with E-state index >= 15 is 0 Å². The van der Waals surface area contributed by atoms with Gasteiger partial charge in [-0.3, -0.25) is 14.5 Å². The van der Waals surface area contributed by atoms with Gasteiger partial charge in [0.25, 0.3) is 5.78 Å². The van der Waals surface area contributed by atoms with Gasteiger partial charge in [-0.05, 0) is 60.9 Å². The van der Waals surface area contributed by atoms with E-state index < -0.39 is 17.7 Å². The molecular formula is C31H28ClN3O5S2. The maximum atomic E-state index is 13.6. The van der Waals surface area contributed by atoms with Crippen LogP contribution < -0.4 is 14.4 Å². The molecule has 1 unspecified atom stereocenters. The molecule has 0 radical (unpaired) electrons. The number of carbonyl (C=O) groups is 2. The Bertz CT molecular complexity index is 1610. The van der Waals surface area contributed by atoms with Gasteiger partial charge in [0.15, 0.2) is 15.8 Å². The number of aromatic nitrogens is 2. The van der Waals surface area contributed by atoms with Gasteiger partial charge in [0, 0.05) is 16.3 Å². The first-order chi connectivity index (χ1) is 20.4. The van der Waals surface area contributed by atoms with Crippen molar-refractivity contribution in [2.24, 2.45) is 0 Å². The molecule has 1 N–H and O–H groups in total. The fourth-order valence-electron chi connectivity index (χ4n) is 4.48. The molecule has 216 valence electrons. The summed E-state index contributed by atoms with van der Waals surface area (Å²) in [7, 11) is 0. The van der Waals surface area contributed by atoms with Gasteiger partial charge < -0.3 is 14.6 Å². The quantitative estimate of drug-likeness (QED) is 0.0612. The van der Waals surface area contributed by atoms with E-state index in [-0.39, 0.29) is 16.5 Å². The van der Waals surface area contributed by atoms with Gasteiger partial charge in [-0.2, -0.15) is 0 Å². The lowest BCUT2D eigenvalue weighted by Gasteiger charge is -2.23. The molecule has 0 aliphatic carbocycles. The van der Waals surface area contributed by atoms with Gasteiger partial charge in [-0.1, -0.05) is 78.0 Å². The van der Waals surface area contributed by atoms with Crippen molar-refractivity contribution >= 4 is 57.3 Å². The molecule has 1 amide bonds. The summed E-state index contributed by atoms with van der Waals surface area (Å²) in [6.07, 6.45) is 0.816. The molecular weight excluding hydrogens is 594 g/mol. The van der Waals surface area contributed by atoms with Gasteiger partial charge in [-0.15, -0.1) is 10.2 Å². The summed E-state index contributed by atoms with van der Waals surface area (Å²) in [5.74, 6) is -0.263. The van der Waals surface area contributed by atoms with E-state index in [0.717, 1.165) is 12.0 Å². The van der Waals surface area contributed by atoms with E-state index in [1.165, 1.54) is 28.0 Å². The van der Waals surface area contributed by atoms with Crippen LogP contribution in [0, 0.1) is 0 Å². The molecule has 1 aromatic heterocycles. The molecule has 42 heavy (non-hydrogen) atoms. The number of ketones is 1. The van der Waals surface area contributed by atoms with Crippen LogP contribution in [0.2, 0.25) is 5.02 Å². The van der Waals surface area contributed by atoms with Gasteiger partial charge >= 0.3 is 5.91 Å². The molecule has 1 fully saturated rings. The molecule has 2 heterocycles. The number of amides is 1. The Morgan fingerprint density at radius 2 is 1.76 bits per heavy atom. The standard InChI is InChI=1S/C31H28ClN3O5S2/c1-3-16-40-23-15-12-21(17-24(23)39-4-2)26-25(27(36)20-10-13-22(32)14-11-20)28(37)29(38)35(26)30-33-34-31(42-30)41-18-19-8-6-5-7-9-19/h5-15,17,26,36H,3-4,16,18H2,1-2H3. The number of hydrogen-bond acceptors (Lipinski definition) is 9. The van der Waals surface area contributed by atoms with Gasteiger partial charge in [0.05, 0.1) is 24.8 Å². The van der Waals surface area contributed by atoms with Crippen LogP contribution in [0.4, 0.5) is 5.13 Å². The summed E-state index contributed by atoms with van der Waals surface area (Å²) >= 11 is 8.75. The summed E-state index contributed by atoms with van der Waals surface area (Å²) in [6.45, 7) is 4.75. The predicted molar refractivity (Wildman–Crippen MR) is 166 cm³/mol. The Morgan fingerprint density at radius 3 is 2.48 bits per heavy atom. The van der Waals surface area contributed by atoms with E-state index in [9.17, 15) is 14.7 Å². The number of carbonyl (C=O) groups excluding carboxylic acids is 2. The first-order valence-electron chi connectivity index (χ1n) is 13.4. The zero-order chi connectivity index (χ0) is 29.6. The molecule has 4 aromatic rings. The van der Waals surface area contributed by atoms with Gasteiger partial charge in [0.1, 0.15) is 5.76 Å². The third kappa shape index (κ3) is 6.30. The van der Waals surface area contributed by atoms with Crippen molar-refractivity contribution < 1.29 is 24.2 Å². The zero-order valence-electron chi connectivity index (χ0n) is 23.0. The minimum absolute atomic E-state index is 0.0688. The predicted octanol–water partition coefficient (Wildman–Crippen LogP) is 7.30. The van der Waals surface area contributed by atoms with Crippen molar-refractivity contribution in [3.63, 3.8) is 0 Å². The highest BCUT2D eigenvalue weighted by atomic mass is 35.5. The third-order valence-corrected chi connectivity index (χ3v) is 8.79. The van der Waals surface area contributed by atoms with E-state index in [1.54, 1.807) is 42.5 Å². The number of nitrogens with zero attached hydrogens (tertiary/aromatic N) is 3. The van der Waals surface area contributed by atoms with E-state index in [0.29, 0.717) is 51.0 Å². The van der Waals surface area contributed by atoms with Crippen molar-refractivity contribution in [2.45, 2.75) is 36.4 Å². The fourth-order valence-corrected chi connectivity index (χ4v) is 6.43. The maximum Gasteiger partial charge on any atom is 0.301 e.